The van der Waals surface area contributed by atoms with Crippen molar-refractivity contribution in [3.63, 3.8) is 0 Å². The molecule has 32 heavy (non-hydrogen) atoms. The minimum Gasteiger partial charge on any atom is -0.480 e. The maximum absolute atomic E-state index is 9.86. The Hall–Kier alpha value is -3.04. The highest BCUT2D eigenvalue weighted by Gasteiger charge is 2.25. The summed E-state index contributed by atoms with van der Waals surface area (Å²) in [6.07, 6.45) is 4.37. The summed E-state index contributed by atoms with van der Waals surface area (Å²) in [5, 5.41) is 17.3. The van der Waals surface area contributed by atoms with E-state index in [2.05, 4.69) is 59.4 Å². The number of fused-ring (bicyclic) bond motifs is 2. The summed E-state index contributed by atoms with van der Waals surface area (Å²) >= 11 is 0. The quantitative estimate of drug-likeness (QED) is 0.536. The van der Waals surface area contributed by atoms with Crippen LogP contribution in [-0.4, -0.2) is 63.3 Å². The van der Waals surface area contributed by atoms with Gasteiger partial charge in [-0.3, -0.25) is 0 Å². The third-order valence-corrected chi connectivity index (χ3v) is 5.80. The number of ether oxygens (including phenoxy) is 1. The van der Waals surface area contributed by atoms with E-state index in [-0.39, 0.29) is 18.1 Å². The summed E-state index contributed by atoms with van der Waals surface area (Å²) < 4.78 is 5.53. The molecule has 0 bridgehead atoms. The number of hydrogen-bond donors (Lipinski definition) is 3. The first kappa shape index (κ1) is 22.2. The molecular weight excluding hydrogens is 406 g/mol. The number of hydrogen-bond acceptors (Lipinski definition) is 9. The van der Waals surface area contributed by atoms with E-state index in [1.54, 1.807) is 19.5 Å². The second-order valence-corrected chi connectivity index (χ2v) is 9.30. The van der Waals surface area contributed by atoms with E-state index in [9.17, 15) is 5.11 Å². The Morgan fingerprint density at radius 3 is 2.78 bits per heavy atom. The van der Waals surface area contributed by atoms with Gasteiger partial charge in [0.25, 0.3) is 0 Å². The molecule has 3 aromatic heterocycles. The average molecular weight is 438 g/mol. The van der Waals surface area contributed by atoms with Crippen molar-refractivity contribution in [2.45, 2.75) is 39.8 Å². The van der Waals surface area contributed by atoms with E-state index in [0.29, 0.717) is 23.2 Å². The molecule has 3 aromatic rings. The Bertz CT molecular complexity index is 1110. The fourth-order valence-corrected chi connectivity index (χ4v) is 3.78. The number of likely N-dealkylation sites (N-methyl/N-ethyl adjacent to an activating group) is 1. The van der Waals surface area contributed by atoms with E-state index in [1.165, 1.54) is 5.56 Å². The Morgan fingerprint density at radius 2 is 2.06 bits per heavy atom. The van der Waals surface area contributed by atoms with Crippen LogP contribution in [0.1, 0.15) is 32.0 Å². The molecule has 0 aromatic carbocycles. The number of pyridine rings is 2. The van der Waals surface area contributed by atoms with Gasteiger partial charge in [-0.15, -0.1) is 0 Å². The molecule has 4 rings (SSSR count). The molecule has 0 saturated heterocycles. The third kappa shape index (κ3) is 4.58. The van der Waals surface area contributed by atoms with Crippen molar-refractivity contribution in [1.82, 2.24) is 24.8 Å². The molecule has 170 valence electrons. The van der Waals surface area contributed by atoms with E-state index >= 15 is 0 Å². The van der Waals surface area contributed by atoms with Crippen LogP contribution in [0.2, 0.25) is 0 Å². The topological polar surface area (TPSA) is 108 Å². The predicted molar refractivity (Wildman–Crippen MR) is 125 cm³/mol. The third-order valence-electron chi connectivity index (χ3n) is 5.80. The monoisotopic (exact) mass is 437 g/mol. The number of methoxy groups -OCH3 is 1. The van der Waals surface area contributed by atoms with Gasteiger partial charge in [0.2, 0.25) is 11.8 Å². The van der Waals surface area contributed by atoms with Gasteiger partial charge in [-0.25, -0.2) is 19.9 Å². The Kier molecular flexibility index (Phi) is 6.12. The van der Waals surface area contributed by atoms with E-state index in [4.69, 9.17) is 14.7 Å². The van der Waals surface area contributed by atoms with Gasteiger partial charge in [0, 0.05) is 37.3 Å². The molecule has 3 N–H and O–H groups in total. The number of rotatable bonds is 6. The normalized spacial score (nSPS) is 15.3. The molecule has 0 radical (unpaired) electrons. The van der Waals surface area contributed by atoms with Crippen LogP contribution in [0.5, 0.6) is 5.88 Å². The van der Waals surface area contributed by atoms with Gasteiger partial charge in [-0.1, -0.05) is 20.8 Å². The molecule has 0 fully saturated rings. The number of nitrogens with zero attached hydrogens (tertiary/aromatic N) is 5. The van der Waals surface area contributed by atoms with Crippen molar-refractivity contribution >= 4 is 28.4 Å². The van der Waals surface area contributed by atoms with Gasteiger partial charge >= 0.3 is 0 Å². The lowest BCUT2D eigenvalue weighted by Gasteiger charge is -2.30. The van der Waals surface area contributed by atoms with Crippen LogP contribution < -0.4 is 15.4 Å². The molecule has 0 saturated carbocycles. The summed E-state index contributed by atoms with van der Waals surface area (Å²) in [6, 6.07) is 3.76. The van der Waals surface area contributed by atoms with Crippen LogP contribution in [0, 0.1) is 5.41 Å². The molecule has 4 heterocycles. The number of aliphatic hydroxyl groups is 1. The summed E-state index contributed by atoms with van der Waals surface area (Å²) in [7, 11) is 3.72. The highest BCUT2D eigenvalue weighted by atomic mass is 16.5. The first-order chi connectivity index (χ1) is 15.3. The van der Waals surface area contributed by atoms with E-state index in [0.717, 1.165) is 36.3 Å². The average Bonchev–Trinajstić information content (AvgIpc) is 2.76. The zero-order valence-corrected chi connectivity index (χ0v) is 19.3. The van der Waals surface area contributed by atoms with Gasteiger partial charge in [-0.2, -0.15) is 0 Å². The Balaban J connectivity index is 1.68. The maximum atomic E-state index is 9.86. The zero-order valence-electron chi connectivity index (χ0n) is 19.3. The van der Waals surface area contributed by atoms with Crippen LogP contribution in [0.25, 0.3) is 10.9 Å². The fraction of sp³-hybridized carbons (Fsp3) is 0.478. The van der Waals surface area contributed by atoms with Gasteiger partial charge in [-0.05, 0) is 30.2 Å². The molecule has 0 aliphatic carbocycles. The summed E-state index contributed by atoms with van der Waals surface area (Å²) in [5.74, 6) is 1.56. The van der Waals surface area contributed by atoms with Gasteiger partial charge in [0.1, 0.15) is 11.2 Å². The molecule has 0 spiro atoms. The Morgan fingerprint density at radius 1 is 1.25 bits per heavy atom. The second-order valence-electron chi connectivity index (χ2n) is 9.30. The summed E-state index contributed by atoms with van der Waals surface area (Å²) in [6.45, 7) is 8.02. The van der Waals surface area contributed by atoms with Crippen molar-refractivity contribution in [3.8, 4) is 5.88 Å². The van der Waals surface area contributed by atoms with Crippen molar-refractivity contribution in [2.75, 3.05) is 37.9 Å². The second kappa shape index (κ2) is 8.84. The van der Waals surface area contributed by atoms with Crippen LogP contribution in [0.3, 0.4) is 0 Å². The lowest BCUT2D eigenvalue weighted by Crippen LogP contribution is -2.37. The van der Waals surface area contributed by atoms with Crippen LogP contribution in [-0.2, 0) is 13.0 Å². The van der Waals surface area contributed by atoms with Crippen LogP contribution in [0.15, 0.2) is 24.5 Å². The molecule has 9 heteroatoms. The standard InChI is InChI=1S/C23H31N7O2/c1-23(2,3)18(13-31)28-20-19-14(6-8-24-20)11-25-22(29-19)27-17-10-15-12-30(4)9-7-16(15)26-21(17)32-5/h6,8,10-11,18,31H,7,9,12-13H2,1-5H3,(H,24,28)(H,25,27,29)/t18-/m1/s1. The fourth-order valence-electron chi connectivity index (χ4n) is 3.78. The minimum atomic E-state index is -0.172. The minimum absolute atomic E-state index is 0.00972. The van der Waals surface area contributed by atoms with Crippen molar-refractivity contribution in [1.29, 1.82) is 0 Å². The molecule has 1 aliphatic heterocycles. The highest BCUT2D eigenvalue weighted by Crippen LogP contribution is 2.31. The highest BCUT2D eigenvalue weighted by molar-refractivity contribution is 5.88. The molecule has 9 nitrogen and oxygen atoms in total. The molecule has 0 unspecified atom stereocenters. The lowest BCUT2D eigenvalue weighted by atomic mass is 9.87. The molecular formula is C23H31N7O2. The van der Waals surface area contributed by atoms with Gasteiger partial charge in [0.15, 0.2) is 5.82 Å². The first-order valence-corrected chi connectivity index (χ1v) is 10.8. The van der Waals surface area contributed by atoms with Crippen molar-refractivity contribution < 1.29 is 9.84 Å². The summed E-state index contributed by atoms with van der Waals surface area (Å²) in [4.78, 5) is 20.6. The number of aliphatic hydroxyl groups excluding tert-OH is 1. The van der Waals surface area contributed by atoms with Crippen molar-refractivity contribution in [2.24, 2.45) is 5.41 Å². The van der Waals surface area contributed by atoms with E-state index < -0.39 is 0 Å². The Labute approximate surface area is 188 Å². The summed E-state index contributed by atoms with van der Waals surface area (Å²) in [5.41, 5.74) is 3.49. The SMILES string of the molecule is COc1nc2c(cc1Nc1ncc3ccnc(N[C@H](CO)C(C)(C)C)c3n1)CN(C)CC2. The lowest BCUT2D eigenvalue weighted by molar-refractivity contribution is 0.201. The number of nitrogens with one attached hydrogen (secondary N) is 2. The van der Waals surface area contributed by atoms with E-state index in [1.807, 2.05) is 6.07 Å². The van der Waals surface area contributed by atoms with Crippen LogP contribution in [0.4, 0.5) is 17.5 Å². The predicted octanol–water partition coefficient (Wildman–Crippen LogP) is 2.98. The van der Waals surface area contributed by atoms with Crippen molar-refractivity contribution in [3.05, 3.63) is 35.8 Å². The van der Waals surface area contributed by atoms with Gasteiger partial charge < -0.3 is 25.4 Å². The molecule has 0 amide bonds. The smallest absolute Gasteiger partial charge is 0.237 e. The molecule has 1 atom stereocenters. The first-order valence-electron chi connectivity index (χ1n) is 10.8. The maximum Gasteiger partial charge on any atom is 0.237 e. The van der Waals surface area contributed by atoms with Gasteiger partial charge in [0.05, 0.1) is 25.5 Å². The number of anilines is 3. The zero-order chi connectivity index (χ0) is 22.9. The largest absolute Gasteiger partial charge is 0.480 e. The number of aromatic nitrogens is 4. The molecule has 1 aliphatic rings. The van der Waals surface area contributed by atoms with Crippen LogP contribution >= 0.6 is 0 Å².